The third-order valence-electron chi connectivity index (χ3n) is 2.60. The zero-order valence-electron chi connectivity index (χ0n) is 9.64. The molecule has 1 heterocycles. The number of aliphatic hydroxyl groups is 3. The van der Waals surface area contributed by atoms with E-state index in [1.165, 1.54) is 12.3 Å². The number of carbonyl (C=O) groups is 1. The number of aryl methyl sites for hydroxylation is 1. The number of nitrogens with one attached hydrogen (secondary N) is 1. The molecule has 1 amide bonds. The zero-order valence-corrected chi connectivity index (χ0v) is 9.64. The van der Waals surface area contributed by atoms with Crippen molar-refractivity contribution in [1.29, 1.82) is 0 Å². The molecule has 0 saturated heterocycles. The second-order valence-electron chi connectivity index (χ2n) is 3.82. The van der Waals surface area contributed by atoms with Gasteiger partial charge in [-0.2, -0.15) is 0 Å². The minimum Gasteiger partial charge on any atom is -0.469 e. The summed E-state index contributed by atoms with van der Waals surface area (Å²) in [6, 6.07) is 1.51. The van der Waals surface area contributed by atoms with Gasteiger partial charge in [-0.25, -0.2) is 0 Å². The summed E-state index contributed by atoms with van der Waals surface area (Å²) >= 11 is 0. The second-order valence-corrected chi connectivity index (χ2v) is 3.82. The summed E-state index contributed by atoms with van der Waals surface area (Å²) in [4.78, 5) is 11.9. The summed E-state index contributed by atoms with van der Waals surface area (Å²) in [6.07, 6.45) is 1.95. The SMILES string of the molecule is CCc1occc1C(=O)NC(CO)(CO)CO. The fourth-order valence-corrected chi connectivity index (χ4v) is 1.39. The first-order valence-electron chi connectivity index (χ1n) is 5.34. The van der Waals surface area contributed by atoms with Gasteiger partial charge in [0.2, 0.25) is 0 Å². The molecule has 0 aliphatic heterocycles. The van der Waals surface area contributed by atoms with Gasteiger partial charge in [-0.05, 0) is 6.07 Å². The predicted octanol–water partition coefficient (Wildman–Crippen LogP) is -0.713. The van der Waals surface area contributed by atoms with Crippen LogP contribution in [0.5, 0.6) is 0 Å². The zero-order chi connectivity index (χ0) is 12.9. The maximum Gasteiger partial charge on any atom is 0.255 e. The van der Waals surface area contributed by atoms with Gasteiger partial charge in [-0.3, -0.25) is 4.79 Å². The van der Waals surface area contributed by atoms with Crippen molar-refractivity contribution in [2.24, 2.45) is 0 Å². The van der Waals surface area contributed by atoms with Gasteiger partial charge in [0.15, 0.2) is 0 Å². The Labute approximate surface area is 98.9 Å². The lowest BCUT2D eigenvalue weighted by molar-refractivity contribution is 0.0374. The number of rotatable bonds is 6. The molecule has 0 radical (unpaired) electrons. The van der Waals surface area contributed by atoms with Crippen LogP contribution >= 0.6 is 0 Å². The van der Waals surface area contributed by atoms with Gasteiger partial charge in [-0.15, -0.1) is 0 Å². The van der Waals surface area contributed by atoms with Crippen molar-refractivity contribution in [2.75, 3.05) is 19.8 Å². The number of hydrogen-bond donors (Lipinski definition) is 4. The Morgan fingerprint density at radius 2 is 1.94 bits per heavy atom. The minimum atomic E-state index is -1.42. The molecule has 17 heavy (non-hydrogen) atoms. The molecule has 1 aromatic rings. The predicted molar refractivity (Wildman–Crippen MR) is 59.5 cm³/mol. The Hall–Kier alpha value is -1.37. The fraction of sp³-hybridized carbons (Fsp3) is 0.545. The van der Waals surface area contributed by atoms with Crippen LogP contribution in [0.15, 0.2) is 16.7 Å². The molecule has 6 heteroatoms. The number of furan rings is 1. The molecular formula is C11H17NO5. The highest BCUT2D eigenvalue weighted by Gasteiger charge is 2.31. The number of amides is 1. The normalized spacial score (nSPS) is 11.5. The second kappa shape index (κ2) is 5.81. The monoisotopic (exact) mass is 243 g/mol. The van der Waals surface area contributed by atoms with E-state index in [-0.39, 0.29) is 0 Å². The van der Waals surface area contributed by atoms with Crippen LogP contribution in [0.3, 0.4) is 0 Å². The molecule has 4 N–H and O–H groups in total. The maximum atomic E-state index is 11.9. The molecular weight excluding hydrogens is 226 g/mol. The summed E-state index contributed by atoms with van der Waals surface area (Å²) in [5.41, 5.74) is -1.08. The smallest absolute Gasteiger partial charge is 0.255 e. The van der Waals surface area contributed by atoms with Crippen LogP contribution in [0.4, 0.5) is 0 Å². The molecule has 0 fully saturated rings. The van der Waals surface area contributed by atoms with Crippen molar-refractivity contribution in [3.8, 4) is 0 Å². The molecule has 1 rings (SSSR count). The highest BCUT2D eigenvalue weighted by Crippen LogP contribution is 2.13. The van der Waals surface area contributed by atoms with Crippen molar-refractivity contribution in [2.45, 2.75) is 18.9 Å². The third kappa shape index (κ3) is 2.85. The molecule has 0 saturated carbocycles. The first-order valence-corrected chi connectivity index (χ1v) is 5.34. The van der Waals surface area contributed by atoms with E-state index in [9.17, 15) is 4.79 Å². The highest BCUT2D eigenvalue weighted by atomic mass is 16.3. The molecule has 0 aliphatic carbocycles. The van der Waals surface area contributed by atoms with Crippen molar-refractivity contribution >= 4 is 5.91 Å². The Morgan fingerprint density at radius 1 is 1.35 bits per heavy atom. The van der Waals surface area contributed by atoms with E-state index in [0.717, 1.165) is 0 Å². The summed E-state index contributed by atoms with van der Waals surface area (Å²) in [7, 11) is 0. The van der Waals surface area contributed by atoms with Crippen LogP contribution < -0.4 is 5.32 Å². The summed E-state index contributed by atoms with van der Waals surface area (Å²) in [6.45, 7) is 0.189. The molecule has 1 aromatic heterocycles. The quantitative estimate of drug-likeness (QED) is 0.528. The van der Waals surface area contributed by atoms with E-state index in [4.69, 9.17) is 19.7 Å². The van der Waals surface area contributed by atoms with Crippen molar-refractivity contribution in [3.63, 3.8) is 0 Å². The Bertz CT molecular complexity index is 361. The molecule has 0 aliphatic rings. The van der Waals surface area contributed by atoms with Crippen LogP contribution in [0.1, 0.15) is 23.0 Å². The summed E-state index contributed by atoms with van der Waals surface area (Å²) in [5.74, 6) is 0.0259. The fourth-order valence-electron chi connectivity index (χ4n) is 1.39. The van der Waals surface area contributed by atoms with Crippen LogP contribution in [0.25, 0.3) is 0 Å². The van der Waals surface area contributed by atoms with E-state index in [1.54, 1.807) is 0 Å². The standard InChI is InChI=1S/C11H17NO5/c1-2-9-8(3-4-17-9)10(16)12-11(5-13,6-14)7-15/h3-4,13-15H,2,5-7H2,1H3,(H,12,16). The van der Waals surface area contributed by atoms with E-state index in [0.29, 0.717) is 17.7 Å². The Kier molecular flexibility index (Phi) is 4.68. The highest BCUT2D eigenvalue weighted by molar-refractivity contribution is 5.95. The van der Waals surface area contributed by atoms with E-state index in [2.05, 4.69) is 5.32 Å². The van der Waals surface area contributed by atoms with Gasteiger partial charge < -0.3 is 25.1 Å². The lowest BCUT2D eigenvalue weighted by Crippen LogP contribution is -2.57. The van der Waals surface area contributed by atoms with Gasteiger partial charge >= 0.3 is 0 Å². The Balaban J connectivity index is 2.84. The summed E-state index contributed by atoms with van der Waals surface area (Å²) < 4.78 is 5.10. The van der Waals surface area contributed by atoms with Gasteiger partial charge in [-0.1, -0.05) is 6.92 Å². The van der Waals surface area contributed by atoms with Crippen LogP contribution in [-0.4, -0.2) is 46.6 Å². The minimum absolute atomic E-state index is 0.340. The molecule has 96 valence electrons. The topological polar surface area (TPSA) is 103 Å². The van der Waals surface area contributed by atoms with E-state index < -0.39 is 31.3 Å². The third-order valence-corrected chi connectivity index (χ3v) is 2.60. The van der Waals surface area contributed by atoms with Crippen LogP contribution in [0, 0.1) is 0 Å². The average Bonchev–Trinajstić information content (AvgIpc) is 2.84. The Morgan fingerprint density at radius 3 is 2.41 bits per heavy atom. The average molecular weight is 243 g/mol. The number of aliphatic hydroxyl groups excluding tert-OH is 3. The van der Waals surface area contributed by atoms with E-state index in [1.807, 2.05) is 6.92 Å². The van der Waals surface area contributed by atoms with E-state index >= 15 is 0 Å². The molecule has 0 bridgehead atoms. The first kappa shape index (κ1) is 13.7. The lowest BCUT2D eigenvalue weighted by atomic mass is 10.0. The van der Waals surface area contributed by atoms with Crippen LogP contribution in [0.2, 0.25) is 0 Å². The lowest BCUT2D eigenvalue weighted by Gasteiger charge is -2.28. The molecule has 0 atom stereocenters. The maximum absolute atomic E-state index is 11.9. The largest absolute Gasteiger partial charge is 0.469 e. The summed E-state index contributed by atoms with van der Waals surface area (Å²) in [5, 5.41) is 29.7. The molecule has 0 aromatic carbocycles. The van der Waals surface area contributed by atoms with Crippen LogP contribution in [-0.2, 0) is 6.42 Å². The molecule has 6 nitrogen and oxygen atoms in total. The van der Waals surface area contributed by atoms with Gasteiger partial charge in [0, 0.05) is 6.42 Å². The van der Waals surface area contributed by atoms with Crippen molar-refractivity contribution in [1.82, 2.24) is 5.32 Å². The van der Waals surface area contributed by atoms with Gasteiger partial charge in [0.1, 0.15) is 11.3 Å². The van der Waals surface area contributed by atoms with Crippen molar-refractivity contribution < 1.29 is 24.5 Å². The molecule has 0 unspecified atom stereocenters. The van der Waals surface area contributed by atoms with Gasteiger partial charge in [0.05, 0.1) is 31.6 Å². The molecule has 0 spiro atoms. The number of hydrogen-bond acceptors (Lipinski definition) is 5. The van der Waals surface area contributed by atoms with Crippen molar-refractivity contribution in [3.05, 3.63) is 23.7 Å². The van der Waals surface area contributed by atoms with Gasteiger partial charge in [0.25, 0.3) is 5.91 Å². The first-order chi connectivity index (χ1) is 8.12. The number of carbonyl (C=O) groups excluding carboxylic acids is 1.